The Morgan fingerprint density at radius 2 is 1.90 bits per heavy atom. The van der Waals surface area contributed by atoms with Gasteiger partial charge in [0.25, 0.3) is 5.91 Å². The molecule has 2 aromatic rings. The third-order valence-electron chi connectivity index (χ3n) is 2.62. The molecule has 1 amide bonds. The summed E-state index contributed by atoms with van der Waals surface area (Å²) in [5, 5.41) is 13.1. The topological polar surface area (TPSA) is 58.6 Å². The average molecular weight is 312 g/mol. The van der Waals surface area contributed by atoms with Gasteiger partial charge < -0.3 is 15.2 Å². The first-order valence-corrected chi connectivity index (χ1v) is 6.40. The van der Waals surface area contributed by atoms with Gasteiger partial charge in [0.15, 0.2) is 11.5 Å². The van der Waals surface area contributed by atoms with Crippen LogP contribution >= 0.6 is 23.2 Å². The molecule has 0 aliphatic rings. The highest BCUT2D eigenvalue weighted by atomic mass is 35.5. The SMILES string of the molecule is COc1ccc(C(=O)Nc2ccc(Cl)c(Cl)c2)cc1O. The number of carbonyl (C=O) groups is 1. The fraction of sp³-hybridized carbons (Fsp3) is 0.0714. The molecule has 0 atom stereocenters. The summed E-state index contributed by atoms with van der Waals surface area (Å²) < 4.78 is 4.91. The Labute approximate surface area is 125 Å². The lowest BCUT2D eigenvalue weighted by Gasteiger charge is -2.08. The van der Waals surface area contributed by atoms with Gasteiger partial charge in [-0.25, -0.2) is 0 Å². The number of phenolic OH excluding ortho intramolecular Hbond substituents is 1. The smallest absolute Gasteiger partial charge is 0.255 e. The molecule has 0 bridgehead atoms. The Kier molecular flexibility index (Phi) is 4.37. The largest absolute Gasteiger partial charge is 0.504 e. The summed E-state index contributed by atoms with van der Waals surface area (Å²) in [6.45, 7) is 0. The molecule has 0 saturated carbocycles. The van der Waals surface area contributed by atoms with Crippen LogP contribution in [-0.2, 0) is 0 Å². The van der Waals surface area contributed by atoms with Gasteiger partial charge in [-0.3, -0.25) is 4.79 Å². The third-order valence-corrected chi connectivity index (χ3v) is 3.36. The molecule has 2 rings (SSSR count). The van der Waals surface area contributed by atoms with Crippen molar-refractivity contribution < 1.29 is 14.6 Å². The van der Waals surface area contributed by atoms with Crippen molar-refractivity contribution in [3.63, 3.8) is 0 Å². The lowest BCUT2D eigenvalue weighted by Crippen LogP contribution is -2.11. The highest BCUT2D eigenvalue weighted by Crippen LogP contribution is 2.28. The number of hydrogen-bond acceptors (Lipinski definition) is 3. The molecule has 0 aliphatic heterocycles. The number of halogens is 2. The van der Waals surface area contributed by atoms with Crippen molar-refractivity contribution in [2.24, 2.45) is 0 Å². The molecule has 0 aliphatic carbocycles. The van der Waals surface area contributed by atoms with E-state index in [-0.39, 0.29) is 11.7 Å². The molecule has 0 heterocycles. The highest BCUT2D eigenvalue weighted by Gasteiger charge is 2.10. The van der Waals surface area contributed by atoms with Crippen molar-refractivity contribution >= 4 is 34.8 Å². The summed E-state index contributed by atoms with van der Waals surface area (Å²) in [5.74, 6) is -0.174. The van der Waals surface area contributed by atoms with E-state index in [0.29, 0.717) is 27.0 Å². The second-order valence-corrected chi connectivity index (χ2v) is 4.78. The van der Waals surface area contributed by atoms with Gasteiger partial charge in [-0.15, -0.1) is 0 Å². The first kappa shape index (κ1) is 14.5. The van der Waals surface area contributed by atoms with Crippen LogP contribution in [0.25, 0.3) is 0 Å². The number of hydrogen-bond donors (Lipinski definition) is 2. The maximum Gasteiger partial charge on any atom is 0.255 e. The minimum atomic E-state index is -0.374. The van der Waals surface area contributed by atoms with Crippen LogP contribution in [0.4, 0.5) is 5.69 Å². The zero-order valence-electron chi connectivity index (χ0n) is 10.5. The van der Waals surface area contributed by atoms with Crippen LogP contribution in [0.3, 0.4) is 0 Å². The number of benzene rings is 2. The number of rotatable bonds is 3. The van der Waals surface area contributed by atoms with Gasteiger partial charge in [-0.1, -0.05) is 23.2 Å². The Balaban J connectivity index is 2.19. The van der Waals surface area contributed by atoms with E-state index in [4.69, 9.17) is 27.9 Å². The van der Waals surface area contributed by atoms with E-state index < -0.39 is 0 Å². The van der Waals surface area contributed by atoms with E-state index in [1.807, 2.05) is 0 Å². The van der Waals surface area contributed by atoms with Crippen molar-refractivity contribution in [3.05, 3.63) is 52.0 Å². The quantitative estimate of drug-likeness (QED) is 0.902. The number of aromatic hydroxyl groups is 1. The minimum Gasteiger partial charge on any atom is -0.504 e. The van der Waals surface area contributed by atoms with Gasteiger partial charge in [-0.2, -0.15) is 0 Å². The second-order valence-electron chi connectivity index (χ2n) is 3.97. The monoisotopic (exact) mass is 311 g/mol. The molecule has 4 nitrogen and oxygen atoms in total. The van der Waals surface area contributed by atoms with Crippen molar-refractivity contribution in [2.75, 3.05) is 12.4 Å². The summed E-state index contributed by atoms with van der Waals surface area (Å²) in [7, 11) is 1.44. The molecule has 2 aromatic carbocycles. The Morgan fingerprint density at radius 1 is 1.15 bits per heavy atom. The van der Waals surface area contributed by atoms with Gasteiger partial charge >= 0.3 is 0 Å². The van der Waals surface area contributed by atoms with Crippen LogP contribution < -0.4 is 10.1 Å². The molecule has 0 spiro atoms. The van der Waals surface area contributed by atoms with Gasteiger partial charge in [0, 0.05) is 11.3 Å². The average Bonchev–Trinajstić information content (AvgIpc) is 2.42. The molecular formula is C14H11Cl2NO3. The van der Waals surface area contributed by atoms with Crippen LogP contribution in [-0.4, -0.2) is 18.1 Å². The Bertz CT molecular complexity index is 659. The van der Waals surface area contributed by atoms with E-state index in [0.717, 1.165) is 0 Å². The predicted molar refractivity (Wildman–Crippen MR) is 79.1 cm³/mol. The van der Waals surface area contributed by atoms with Gasteiger partial charge in [0.05, 0.1) is 17.2 Å². The first-order chi connectivity index (χ1) is 9.51. The lowest BCUT2D eigenvalue weighted by atomic mass is 10.2. The normalized spacial score (nSPS) is 10.2. The molecule has 20 heavy (non-hydrogen) atoms. The molecule has 6 heteroatoms. The molecule has 2 N–H and O–H groups in total. The van der Waals surface area contributed by atoms with E-state index in [1.165, 1.54) is 19.2 Å². The molecule has 104 valence electrons. The van der Waals surface area contributed by atoms with E-state index in [9.17, 15) is 9.90 Å². The van der Waals surface area contributed by atoms with Gasteiger partial charge in [-0.05, 0) is 36.4 Å². The van der Waals surface area contributed by atoms with Crippen LogP contribution in [0.5, 0.6) is 11.5 Å². The maximum atomic E-state index is 12.0. The van der Waals surface area contributed by atoms with Gasteiger partial charge in [0.2, 0.25) is 0 Å². The van der Waals surface area contributed by atoms with Crippen molar-refractivity contribution in [2.45, 2.75) is 0 Å². The summed E-state index contributed by atoms with van der Waals surface area (Å²) in [5.41, 5.74) is 0.814. The van der Waals surface area contributed by atoms with E-state index >= 15 is 0 Å². The molecule has 0 aromatic heterocycles. The predicted octanol–water partition coefficient (Wildman–Crippen LogP) is 3.96. The lowest BCUT2D eigenvalue weighted by molar-refractivity contribution is 0.102. The van der Waals surface area contributed by atoms with Crippen molar-refractivity contribution in [1.29, 1.82) is 0 Å². The minimum absolute atomic E-state index is 0.103. The number of methoxy groups -OCH3 is 1. The summed E-state index contributed by atoms with van der Waals surface area (Å²) in [6, 6.07) is 9.15. The van der Waals surface area contributed by atoms with E-state index in [1.54, 1.807) is 24.3 Å². The summed E-state index contributed by atoms with van der Waals surface area (Å²) in [6.07, 6.45) is 0. The summed E-state index contributed by atoms with van der Waals surface area (Å²) in [4.78, 5) is 12.0. The number of anilines is 1. The highest BCUT2D eigenvalue weighted by molar-refractivity contribution is 6.42. The summed E-state index contributed by atoms with van der Waals surface area (Å²) >= 11 is 11.7. The number of amides is 1. The number of phenols is 1. The Morgan fingerprint density at radius 3 is 2.50 bits per heavy atom. The Hall–Kier alpha value is -1.91. The van der Waals surface area contributed by atoms with Crippen LogP contribution in [0.15, 0.2) is 36.4 Å². The zero-order valence-corrected chi connectivity index (χ0v) is 12.0. The fourth-order valence-electron chi connectivity index (χ4n) is 1.61. The van der Waals surface area contributed by atoms with Crippen LogP contribution in [0, 0.1) is 0 Å². The second kappa shape index (κ2) is 6.03. The molecule has 0 radical (unpaired) electrons. The van der Waals surface area contributed by atoms with Crippen molar-refractivity contribution in [3.8, 4) is 11.5 Å². The molecular weight excluding hydrogens is 301 g/mol. The third kappa shape index (κ3) is 3.15. The molecule has 0 saturated heterocycles. The molecule has 0 fully saturated rings. The van der Waals surface area contributed by atoms with E-state index in [2.05, 4.69) is 5.32 Å². The fourth-order valence-corrected chi connectivity index (χ4v) is 1.91. The zero-order chi connectivity index (χ0) is 14.7. The van der Waals surface area contributed by atoms with Crippen LogP contribution in [0.1, 0.15) is 10.4 Å². The standard InChI is InChI=1S/C14H11Cl2NO3/c1-20-13-5-2-8(6-12(13)18)14(19)17-9-3-4-10(15)11(16)7-9/h2-7,18H,1H3,(H,17,19). The van der Waals surface area contributed by atoms with Gasteiger partial charge in [0.1, 0.15) is 0 Å². The van der Waals surface area contributed by atoms with Crippen LogP contribution in [0.2, 0.25) is 10.0 Å². The maximum absolute atomic E-state index is 12.0. The number of ether oxygens (including phenoxy) is 1. The number of carbonyl (C=O) groups excluding carboxylic acids is 1. The first-order valence-electron chi connectivity index (χ1n) is 5.64. The number of nitrogens with one attached hydrogen (secondary N) is 1. The molecule has 0 unspecified atom stereocenters. The van der Waals surface area contributed by atoms with Crippen molar-refractivity contribution in [1.82, 2.24) is 0 Å².